The summed E-state index contributed by atoms with van der Waals surface area (Å²) in [6.45, 7) is 4.40. The summed E-state index contributed by atoms with van der Waals surface area (Å²) >= 11 is 0. The molecule has 0 fully saturated rings. The van der Waals surface area contributed by atoms with E-state index in [1.54, 1.807) is 12.1 Å². The highest BCUT2D eigenvalue weighted by molar-refractivity contribution is 7.86. The van der Waals surface area contributed by atoms with Crippen molar-refractivity contribution in [2.75, 3.05) is 0 Å². The molecule has 0 spiro atoms. The van der Waals surface area contributed by atoms with Gasteiger partial charge in [0.1, 0.15) is 5.75 Å². The second-order valence-electron chi connectivity index (χ2n) is 9.02. The van der Waals surface area contributed by atoms with Gasteiger partial charge in [-0.25, -0.2) is 0 Å². The fourth-order valence-electron chi connectivity index (χ4n) is 4.54. The lowest BCUT2D eigenvalue weighted by molar-refractivity contribution is -0.0510. The maximum absolute atomic E-state index is 10.7. The Labute approximate surface area is 213 Å². The average Bonchev–Trinajstić information content (AvgIpc) is 3.21. The van der Waals surface area contributed by atoms with Gasteiger partial charge >= 0.3 is 15.6 Å². The molecule has 4 nitrogen and oxygen atoms in total. The number of halogens is 3. The zero-order valence-electron chi connectivity index (χ0n) is 20.2. The van der Waals surface area contributed by atoms with Gasteiger partial charge in [0.2, 0.25) is 0 Å². The van der Waals surface area contributed by atoms with Gasteiger partial charge in [0, 0.05) is 0 Å². The molecule has 0 bridgehead atoms. The molecule has 0 amide bonds. The van der Waals surface area contributed by atoms with Gasteiger partial charge in [0.05, 0.1) is 0 Å². The molecule has 5 rings (SSSR count). The van der Waals surface area contributed by atoms with E-state index in [9.17, 15) is 18.3 Å². The number of phenolic OH excluding ortho intramolecular Hbond substituents is 1. The van der Waals surface area contributed by atoms with E-state index in [4.69, 9.17) is 13.0 Å². The van der Waals surface area contributed by atoms with Gasteiger partial charge in [-0.2, -0.15) is 21.6 Å². The Kier molecular flexibility index (Phi) is 7.17. The maximum Gasteiger partial charge on any atom is 0.522 e. The minimum Gasteiger partial charge on any atom is -0.508 e. The van der Waals surface area contributed by atoms with Crippen LogP contribution in [0.25, 0.3) is 22.3 Å². The van der Waals surface area contributed by atoms with Crippen molar-refractivity contribution in [3.05, 3.63) is 112 Å². The van der Waals surface area contributed by atoms with Crippen molar-refractivity contribution in [2.45, 2.75) is 32.2 Å². The predicted molar refractivity (Wildman–Crippen MR) is 138 cm³/mol. The maximum atomic E-state index is 10.7. The van der Waals surface area contributed by atoms with Crippen molar-refractivity contribution < 1.29 is 31.2 Å². The van der Waals surface area contributed by atoms with Crippen LogP contribution in [0.3, 0.4) is 0 Å². The van der Waals surface area contributed by atoms with Crippen molar-refractivity contribution >= 4 is 10.1 Å². The lowest BCUT2D eigenvalue weighted by Gasteiger charge is -2.18. The highest BCUT2D eigenvalue weighted by Gasteiger charge is 2.44. The quantitative estimate of drug-likeness (QED) is 0.192. The van der Waals surface area contributed by atoms with E-state index in [0.717, 1.165) is 18.4 Å². The molecule has 0 atom stereocenters. The first kappa shape index (κ1) is 26.4. The first-order valence-corrected chi connectivity index (χ1v) is 12.9. The topological polar surface area (TPSA) is 74.6 Å². The number of fused-ring (bicyclic) bond motifs is 3. The molecule has 1 aliphatic rings. The van der Waals surface area contributed by atoms with E-state index in [1.165, 1.54) is 50.1 Å². The van der Waals surface area contributed by atoms with Crippen molar-refractivity contribution in [1.29, 1.82) is 0 Å². The molecule has 0 heterocycles. The number of alkyl halides is 3. The van der Waals surface area contributed by atoms with Gasteiger partial charge in [-0.1, -0.05) is 66.2 Å². The molecular weight excluding hydrogens is 501 g/mol. The van der Waals surface area contributed by atoms with E-state index in [0.29, 0.717) is 5.75 Å². The summed E-state index contributed by atoms with van der Waals surface area (Å²) in [6, 6.07) is 27.6. The summed E-state index contributed by atoms with van der Waals surface area (Å²) in [5, 5.41) is 9.77. The molecule has 0 aromatic heterocycles. The van der Waals surface area contributed by atoms with Crippen LogP contribution in [0.1, 0.15) is 33.4 Å². The monoisotopic (exact) mass is 526 g/mol. The van der Waals surface area contributed by atoms with Gasteiger partial charge < -0.3 is 5.11 Å². The van der Waals surface area contributed by atoms with E-state index in [1.807, 2.05) is 12.1 Å². The van der Waals surface area contributed by atoms with Gasteiger partial charge in [-0.15, -0.1) is 0 Å². The summed E-state index contributed by atoms with van der Waals surface area (Å²) in [4.78, 5) is 0. The molecule has 0 saturated carbocycles. The van der Waals surface area contributed by atoms with Crippen LogP contribution in [-0.2, 0) is 23.0 Å². The Morgan fingerprint density at radius 1 is 0.838 bits per heavy atom. The first-order chi connectivity index (χ1) is 17.3. The van der Waals surface area contributed by atoms with Crippen LogP contribution in [-0.4, -0.2) is 23.6 Å². The average molecular weight is 527 g/mol. The van der Waals surface area contributed by atoms with Crippen molar-refractivity contribution in [1.82, 2.24) is 0 Å². The van der Waals surface area contributed by atoms with Crippen LogP contribution in [0.5, 0.6) is 5.75 Å². The van der Waals surface area contributed by atoms with Crippen LogP contribution in [0.4, 0.5) is 13.2 Å². The standard InChI is InChI=1S/C28H24O.CHF3O3S/c1-18-7-9-20(10-8-18)15-25-19(2)26-16-22-5-3-4-6-24(22)28(26)17-27(25)21-11-13-23(29)14-12-21;2-1(3,4)8(5,6)7/h3-14,17,29H,15-16H2,1-2H3;(H,5,6,7). The molecule has 4 aromatic carbocycles. The highest BCUT2D eigenvalue weighted by Crippen LogP contribution is 2.43. The normalized spacial score (nSPS) is 12.4. The van der Waals surface area contributed by atoms with Crippen LogP contribution in [0, 0.1) is 13.8 Å². The smallest absolute Gasteiger partial charge is 0.508 e. The van der Waals surface area contributed by atoms with Gasteiger partial charge in [-0.3, -0.25) is 4.55 Å². The summed E-state index contributed by atoms with van der Waals surface area (Å²) in [6.07, 6.45) is 1.92. The van der Waals surface area contributed by atoms with Crippen LogP contribution in [0.2, 0.25) is 0 Å². The number of phenols is 1. The largest absolute Gasteiger partial charge is 0.522 e. The number of rotatable bonds is 3. The number of hydrogen-bond donors (Lipinski definition) is 2. The summed E-state index contributed by atoms with van der Waals surface area (Å²) in [5.41, 5.74) is 7.84. The highest BCUT2D eigenvalue weighted by atomic mass is 32.2. The number of hydrogen-bond acceptors (Lipinski definition) is 3. The van der Waals surface area contributed by atoms with E-state index in [2.05, 4.69) is 68.4 Å². The third-order valence-corrected chi connectivity index (χ3v) is 7.08. The molecule has 2 N–H and O–H groups in total. The van der Waals surface area contributed by atoms with Crippen molar-refractivity contribution in [3.8, 4) is 28.0 Å². The fourth-order valence-corrected chi connectivity index (χ4v) is 4.54. The number of aryl methyl sites for hydroxylation is 1. The van der Waals surface area contributed by atoms with Crippen LogP contribution in [0.15, 0.2) is 78.9 Å². The molecule has 0 aliphatic heterocycles. The van der Waals surface area contributed by atoms with Gasteiger partial charge in [0.25, 0.3) is 0 Å². The SMILES string of the molecule is Cc1ccc(Cc2c(-c3ccc(O)cc3)cc3c(c2C)Cc2ccccc2-3)cc1.O=S(=O)(O)C(F)(F)F. The van der Waals surface area contributed by atoms with E-state index < -0.39 is 15.6 Å². The molecule has 8 heteroatoms. The Balaban J connectivity index is 0.000000349. The van der Waals surface area contributed by atoms with Gasteiger partial charge in [0.15, 0.2) is 0 Å². The Morgan fingerprint density at radius 2 is 1.43 bits per heavy atom. The third kappa shape index (κ3) is 5.70. The van der Waals surface area contributed by atoms with Crippen LogP contribution < -0.4 is 0 Å². The fraction of sp³-hybridized carbons (Fsp3) is 0.172. The summed E-state index contributed by atoms with van der Waals surface area (Å²) in [5.74, 6) is 0.303. The van der Waals surface area contributed by atoms with Gasteiger partial charge in [-0.05, 0) is 95.0 Å². The molecule has 0 radical (unpaired) electrons. The Morgan fingerprint density at radius 3 is 2.03 bits per heavy atom. The summed E-state index contributed by atoms with van der Waals surface area (Å²) in [7, 11) is -5.84. The van der Waals surface area contributed by atoms with Crippen molar-refractivity contribution in [3.63, 3.8) is 0 Å². The van der Waals surface area contributed by atoms with E-state index in [-0.39, 0.29) is 0 Å². The molecule has 37 heavy (non-hydrogen) atoms. The second-order valence-corrected chi connectivity index (χ2v) is 10.4. The lowest BCUT2D eigenvalue weighted by atomic mass is 9.86. The first-order valence-electron chi connectivity index (χ1n) is 11.5. The third-order valence-electron chi connectivity index (χ3n) is 6.49. The van der Waals surface area contributed by atoms with Crippen molar-refractivity contribution in [2.24, 2.45) is 0 Å². The zero-order chi connectivity index (χ0) is 27.0. The van der Waals surface area contributed by atoms with E-state index >= 15 is 0 Å². The molecule has 4 aromatic rings. The lowest BCUT2D eigenvalue weighted by Crippen LogP contribution is -2.21. The molecule has 0 saturated heterocycles. The minimum atomic E-state index is -5.84. The number of benzene rings is 4. The molecule has 1 aliphatic carbocycles. The van der Waals surface area contributed by atoms with Crippen LogP contribution >= 0.6 is 0 Å². The molecule has 0 unspecified atom stereocenters. The second kappa shape index (κ2) is 10.0. The molecule has 192 valence electrons. The minimum absolute atomic E-state index is 0.303. The Hall–Kier alpha value is -3.62. The number of aromatic hydroxyl groups is 1. The zero-order valence-corrected chi connectivity index (χ0v) is 21.0. The Bertz CT molecular complexity index is 1540. The summed E-state index contributed by atoms with van der Waals surface area (Å²) < 4.78 is 57.5. The predicted octanol–water partition coefficient (Wildman–Crippen LogP) is 7.23. The molecular formula is C29H25F3O4S.